The Hall–Kier alpha value is -3.41. The Morgan fingerprint density at radius 1 is 0.939 bits per heavy atom. The average molecular weight is 445 g/mol. The molecule has 2 aromatic carbocycles. The molecule has 0 bridgehead atoms. The number of hydrogen-bond acceptors (Lipinski definition) is 4. The first kappa shape index (κ1) is 22.8. The fourth-order valence-corrected chi connectivity index (χ4v) is 4.48. The van der Waals surface area contributed by atoms with Crippen molar-refractivity contribution in [2.24, 2.45) is 0 Å². The number of nitrogens with zero attached hydrogens (tertiary/aromatic N) is 3. The van der Waals surface area contributed by atoms with E-state index in [1.807, 2.05) is 58.3 Å². The Bertz CT molecular complexity index is 1140. The molecular weight excluding hydrogens is 412 g/mol. The number of aromatic nitrogens is 1. The van der Waals surface area contributed by atoms with Crippen LogP contribution in [0.4, 0.5) is 5.82 Å². The third kappa shape index (κ3) is 4.85. The Labute approximate surface area is 195 Å². The number of anilines is 1. The quantitative estimate of drug-likeness (QED) is 0.557. The van der Waals surface area contributed by atoms with Crippen LogP contribution in [0, 0.1) is 0 Å². The topological polar surface area (TPSA) is 79.5 Å². The van der Waals surface area contributed by atoms with Crippen molar-refractivity contribution in [2.45, 2.75) is 39.5 Å². The number of pyridine rings is 1. The number of nitrogen functional groups attached to an aromatic ring is 1. The Morgan fingerprint density at radius 2 is 1.58 bits per heavy atom. The Kier molecular flexibility index (Phi) is 6.92. The van der Waals surface area contributed by atoms with Crippen molar-refractivity contribution in [3.63, 3.8) is 0 Å². The molecule has 2 amide bonds. The molecule has 1 saturated heterocycles. The van der Waals surface area contributed by atoms with Gasteiger partial charge in [-0.2, -0.15) is 0 Å². The van der Waals surface area contributed by atoms with Crippen LogP contribution >= 0.6 is 0 Å². The molecule has 0 atom stereocenters. The average Bonchev–Trinajstić information content (AvgIpc) is 3.37. The summed E-state index contributed by atoms with van der Waals surface area (Å²) in [6, 6.07) is 15.5. The van der Waals surface area contributed by atoms with Crippen LogP contribution in [0.1, 0.15) is 60.2 Å². The van der Waals surface area contributed by atoms with E-state index in [-0.39, 0.29) is 17.6 Å². The second-order valence-corrected chi connectivity index (χ2v) is 8.70. The molecule has 6 heteroatoms. The number of benzene rings is 2. The summed E-state index contributed by atoms with van der Waals surface area (Å²) in [5.74, 6) is 0.298. The first-order valence-corrected chi connectivity index (χ1v) is 11.9. The van der Waals surface area contributed by atoms with Crippen molar-refractivity contribution >= 4 is 28.5 Å². The van der Waals surface area contributed by atoms with Crippen LogP contribution in [0.3, 0.4) is 0 Å². The molecule has 2 N–H and O–H groups in total. The van der Waals surface area contributed by atoms with Crippen molar-refractivity contribution in [3.8, 4) is 11.1 Å². The lowest BCUT2D eigenvalue weighted by Crippen LogP contribution is -2.33. The van der Waals surface area contributed by atoms with Gasteiger partial charge in [0.1, 0.15) is 5.82 Å². The van der Waals surface area contributed by atoms with Gasteiger partial charge in [-0.15, -0.1) is 0 Å². The number of amides is 2. The summed E-state index contributed by atoms with van der Waals surface area (Å²) < 4.78 is 0. The van der Waals surface area contributed by atoms with E-state index in [9.17, 15) is 9.59 Å². The van der Waals surface area contributed by atoms with Crippen molar-refractivity contribution < 1.29 is 9.59 Å². The van der Waals surface area contributed by atoms with E-state index in [1.165, 1.54) is 0 Å². The van der Waals surface area contributed by atoms with Gasteiger partial charge in [0.25, 0.3) is 11.8 Å². The van der Waals surface area contributed by atoms with Crippen LogP contribution in [0.25, 0.3) is 22.0 Å². The van der Waals surface area contributed by atoms with Crippen molar-refractivity contribution in [1.82, 2.24) is 14.8 Å². The molecule has 0 spiro atoms. The minimum Gasteiger partial charge on any atom is -0.383 e. The molecule has 1 fully saturated rings. The van der Waals surface area contributed by atoms with Gasteiger partial charge in [-0.1, -0.05) is 32.0 Å². The smallest absolute Gasteiger partial charge is 0.257 e. The Balaban J connectivity index is 1.62. The molecule has 6 nitrogen and oxygen atoms in total. The number of rotatable bonds is 7. The molecule has 1 aliphatic heterocycles. The fourth-order valence-electron chi connectivity index (χ4n) is 4.48. The van der Waals surface area contributed by atoms with E-state index in [1.54, 1.807) is 0 Å². The summed E-state index contributed by atoms with van der Waals surface area (Å²) in [6.07, 6.45) is 3.96. The van der Waals surface area contributed by atoms with Gasteiger partial charge >= 0.3 is 0 Å². The fraction of sp³-hybridized carbons (Fsp3) is 0.370. The highest BCUT2D eigenvalue weighted by molar-refractivity contribution is 6.02. The van der Waals surface area contributed by atoms with Gasteiger partial charge in [0.2, 0.25) is 0 Å². The highest BCUT2D eigenvalue weighted by Gasteiger charge is 2.20. The molecule has 172 valence electrons. The van der Waals surface area contributed by atoms with E-state index >= 15 is 0 Å². The first-order valence-electron chi connectivity index (χ1n) is 11.9. The lowest BCUT2D eigenvalue weighted by Gasteiger charge is -2.22. The minimum absolute atomic E-state index is 0.0687. The highest BCUT2D eigenvalue weighted by Crippen LogP contribution is 2.27. The number of hydrogen-bond donors (Lipinski definition) is 1. The van der Waals surface area contributed by atoms with Crippen LogP contribution < -0.4 is 5.73 Å². The predicted octanol–water partition coefficient (Wildman–Crippen LogP) is 4.98. The van der Waals surface area contributed by atoms with Crippen molar-refractivity contribution in [2.75, 3.05) is 31.9 Å². The van der Waals surface area contributed by atoms with Gasteiger partial charge in [-0.05, 0) is 67.1 Å². The van der Waals surface area contributed by atoms with Crippen molar-refractivity contribution in [1.29, 1.82) is 0 Å². The van der Waals surface area contributed by atoms with Gasteiger partial charge in [0.05, 0.1) is 11.1 Å². The minimum atomic E-state index is -0.0687. The molecule has 33 heavy (non-hydrogen) atoms. The standard InChI is InChI=1S/C27H32N4O2/c1-3-13-30(14-4-2)27(33)23-18-22-17-21(11-12-24(22)29-25(23)28)19-7-9-20(10-8-19)26(32)31-15-5-6-16-31/h7-12,17-18H,3-6,13-16H2,1-2H3,(H2,28,29). The van der Waals surface area contributed by atoms with Crippen LogP contribution in [0.15, 0.2) is 48.5 Å². The number of carbonyl (C=O) groups excluding carboxylic acids is 2. The predicted molar refractivity (Wildman–Crippen MR) is 133 cm³/mol. The van der Waals surface area contributed by atoms with Crippen LogP contribution in [-0.2, 0) is 0 Å². The van der Waals surface area contributed by atoms with Crippen LogP contribution in [0.2, 0.25) is 0 Å². The zero-order chi connectivity index (χ0) is 23.4. The molecule has 1 aliphatic rings. The molecular formula is C27H32N4O2. The van der Waals surface area contributed by atoms with E-state index in [0.29, 0.717) is 18.7 Å². The highest BCUT2D eigenvalue weighted by atomic mass is 16.2. The molecule has 0 saturated carbocycles. The summed E-state index contributed by atoms with van der Waals surface area (Å²) in [6.45, 7) is 7.22. The molecule has 2 heterocycles. The SMILES string of the molecule is CCCN(CCC)C(=O)c1cc2cc(-c3ccc(C(=O)N4CCCC4)cc3)ccc2nc1N. The lowest BCUT2D eigenvalue weighted by atomic mass is 10.0. The van der Waals surface area contributed by atoms with Crippen molar-refractivity contribution in [3.05, 3.63) is 59.7 Å². The number of fused-ring (bicyclic) bond motifs is 1. The molecule has 0 radical (unpaired) electrons. The molecule has 0 aliphatic carbocycles. The maximum atomic E-state index is 13.1. The van der Waals surface area contributed by atoms with Gasteiger partial charge in [-0.3, -0.25) is 9.59 Å². The zero-order valence-corrected chi connectivity index (χ0v) is 19.5. The molecule has 3 aromatic rings. The number of nitrogens with two attached hydrogens (primary N) is 1. The summed E-state index contributed by atoms with van der Waals surface area (Å²) >= 11 is 0. The molecule has 4 rings (SSSR count). The van der Waals surface area contributed by atoms with Gasteiger partial charge in [0, 0.05) is 37.1 Å². The third-order valence-electron chi connectivity index (χ3n) is 6.21. The summed E-state index contributed by atoms with van der Waals surface area (Å²) in [5, 5.41) is 0.871. The number of likely N-dealkylation sites (tertiary alicyclic amines) is 1. The number of carbonyl (C=O) groups is 2. The third-order valence-corrected chi connectivity index (χ3v) is 6.21. The van der Waals surface area contributed by atoms with E-state index in [2.05, 4.69) is 18.8 Å². The normalized spacial score (nSPS) is 13.5. The van der Waals surface area contributed by atoms with E-state index < -0.39 is 0 Å². The summed E-state index contributed by atoms with van der Waals surface area (Å²) in [4.78, 5) is 34.0. The van der Waals surface area contributed by atoms with E-state index in [4.69, 9.17) is 5.73 Å². The van der Waals surface area contributed by atoms with Gasteiger partial charge < -0.3 is 15.5 Å². The first-order chi connectivity index (χ1) is 16.0. The summed E-state index contributed by atoms with van der Waals surface area (Å²) in [7, 11) is 0. The lowest BCUT2D eigenvalue weighted by molar-refractivity contribution is 0.0755. The Morgan fingerprint density at radius 3 is 2.21 bits per heavy atom. The van der Waals surface area contributed by atoms with Gasteiger partial charge in [-0.25, -0.2) is 4.98 Å². The van der Waals surface area contributed by atoms with E-state index in [0.717, 1.165) is 66.4 Å². The molecule has 1 aromatic heterocycles. The largest absolute Gasteiger partial charge is 0.383 e. The molecule has 0 unspecified atom stereocenters. The second kappa shape index (κ2) is 10.0. The summed E-state index contributed by atoms with van der Waals surface area (Å²) in [5.41, 5.74) is 10.1. The monoisotopic (exact) mass is 444 g/mol. The maximum Gasteiger partial charge on any atom is 0.257 e. The maximum absolute atomic E-state index is 13.1. The van der Waals surface area contributed by atoms with Gasteiger partial charge in [0.15, 0.2) is 0 Å². The van der Waals surface area contributed by atoms with Crippen LogP contribution in [-0.4, -0.2) is 52.8 Å². The second-order valence-electron chi connectivity index (χ2n) is 8.70. The van der Waals surface area contributed by atoms with Crippen LogP contribution in [0.5, 0.6) is 0 Å². The zero-order valence-electron chi connectivity index (χ0n) is 19.5.